The number of nitrogens with zero attached hydrogens (tertiary/aromatic N) is 5. The molecule has 4 aliphatic rings. The molecule has 0 spiro atoms. The summed E-state index contributed by atoms with van der Waals surface area (Å²) in [5, 5.41) is 10.6. The predicted octanol–water partition coefficient (Wildman–Crippen LogP) is 4.94. The van der Waals surface area contributed by atoms with Crippen LogP contribution in [0.2, 0.25) is 0 Å². The molecule has 3 fully saturated rings. The lowest BCUT2D eigenvalue weighted by molar-refractivity contribution is 0.0700. The molecular weight excluding hydrogens is 556 g/mol. The number of imidazole rings is 1. The third-order valence-electron chi connectivity index (χ3n) is 10.4. The van der Waals surface area contributed by atoms with Crippen molar-refractivity contribution in [3.8, 4) is 17.3 Å². The van der Waals surface area contributed by atoms with Crippen LogP contribution >= 0.6 is 0 Å². The summed E-state index contributed by atoms with van der Waals surface area (Å²) in [6, 6.07) is 12.5. The van der Waals surface area contributed by atoms with Crippen molar-refractivity contribution in [3.63, 3.8) is 0 Å². The van der Waals surface area contributed by atoms with Gasteiger partial charge in [-0.05, 0) is 67.7 Å². The number of fused-ring (bicyclic) bond motifs is 4. The molecule has 4 heterocycles. The molecule has 10 heteroatoms. The minimum absolute atomic E-state index is 0.00485. The maximum atomic E-state index is 13.7. The standard InChI is InChI=1S/C34H38N6O4/c1-37-31-25(14-23(16-28(31)44-2)33(41)40-18-22-8-9-26(40)29(22)35)36-32(37)27-15-21-4-3-5-24(30(21)39(27)17-19-6-7-19)20-10-12-38(13-11-20)34(42)43/h3-5,10,14-16,19,22,26,29H,6-9,11-13,17-18,35H2,1-2H3,(H,42,43)/t22-,26-,29-/m1/s1. The highest BCUT2D eigenvalue weighted by Gasteiger charge is 2.47. The molecule has 2 saturated carbocycles. The van der Waals surface area contributed by atoms with E-state index in [1.807, 2.05) is 24.1 Å². The SMILES string of the molecule is COc1cc(C(=O)N2C[C@H]3CC[C@@H]2[C@@H]3N)cc2nc(-c3cc4cccc(C5=CCN(C(=O)O)CC5)c4n3CC3CC3)n(C)c12. The van der Waals surface area contributed by atoms with Gasteiger partial charge in [0.15, 0.2) is 5.82 Å². The summed E-state index contributed by atoms with van der Waals surface area (Å²) >= 11 is 0. The van der Waals surface area contributed by atoms with Crippen LogP contribution in [0.5, 0.6) is 5.75 Å². The lowest BCUT2D eigenvalue weighted by Crippen LogP contribution is -2.41. The molecule has 4 aromatic rings. The van der Waals surface area contributed by atoms with E-state index in [1.165, 1.54) is 28.8 Å². The van der Waals surface area contributed by atoms with E-state index in [2.05, 4.69) is 39.5 Å². The number of hydrogen-bond acceptors (Lipinski definition) is 5. The number of rotatable bonds is 6. The molecular formula is C34H38N6O4. The number of hydrogen-bond donors (Lipinski definition) is 2. The van der Waals surface area contributed by atoms with E-state index < -0.39 is 6.09 Å². The van der Waals surface area contributed by atoms with Crippen LogP contribution in [0.25, 0.3) is 39.0 Å². The fourth-order valence-corrected chi connectivity index (χ4v) is 7.87. The first-order valence-electron chi connectivity index (χ1n) is 15.7. The maximum Gasteiger partial charge on any atom is 0.407 e. The van der Waals surface area contributed by atoms with Gasteiger partial charge in [0.2, 0.25) is 0 Å². The summed E-state index contributed by atoms with van der Waals surface area (Å²) in [4.78, 5) is 33.8. The molecule has 8 rings (SSSR count). The number of amides is 2. The van der Waals surface area contributed by atoms with Crippen molar-refractivity contribution < 1.29 is 19.4 Å². The Morgan fingerprint density at radius 3 is 2.61 bits per heavy atom. The van der Waals surface area contributed by atoms with Gasteiger partial charge in [0.1, 0.15) is 11.3 Å². The minimum Gasteiger partial charge on any atom is -0.494 e. The highest BCUT2D eigenvalue weighted by Crippen LogP contribution is 2.41. The Balaban J connectivity index is 1.24. The first kappa shape index (κ1) is 27.3. The van der Waals surface area contributed by atoms with Crippen molar-refractivity contribution >= 4 is 39.5 Å². The molecule has 3 atom stereocenters. The van der Waals surface area contributed by atoms with E-state index >= 15 is 0 Å². The number of para-hydroxylation sites is 1. The van der Waals surface area contributed by atoms with E-state index in [1.54, 1.807) is 7.11 Å². The Morgan fingerprint density at radius 2 is 1.95 bits per heavy atom. The number of aromatic nitrogens is 3. The average Bonchev–Trinajstić information content (AvgIpc) is 3.42. The number of carbonyl (C=O) groups excluding carboxylic acids is 1. The molecule has 0 unspecified atom stereocenters. The molecule has 2 aromatic carbocycles. The van der Waals surface area contributed by atoms with Crippen LogP contribution in [-0.4, -0.2) is 79.9 Å². The average molecular weight is 595 g/mol. The Morgan fingerprint density at radius 1 is 1.11 bits per heavy atom. The molecule has 44 heavy (non-hydrogen) atoms. The smallest absolute Gasteiger partial charge is 0.407 e. The molecule has 0 radical (unpaired) electrons. The van der Waals surface area contributed by atoms with Crippen LogP contribution in [-0.2, 0) is 13.6 Å². The van der Waals surface area contributed by atoms with Gasteiger partial charge in [-0.1, -0.05) is 24.3 Å². The van der Waals surface area contributed by atoms with Crippen molar-refractivity contribution in [2.24, 2.45) is 24.6 Å². The molecule has 228 valence electrons. The molecule has 1 saturated heterocycles. The number of carbonyl (C=O) groups is 2. The third-order valence-corrected chi connectivity index (χ3v) is 10.4. The zero-order valence-electron chi connectivity index (χ0n) is 25.2. The van der Waals surface area contributed by atoms with Gasteiger partial charge in [-0.3, -0.25) is 4.79 Å². The molecule has 2 bridgehead atoms. The largest absolute Gasteiger partial charge is 0.494 e. The molecule has 10 nitrogen and oxygen atoms in total. The first-order chi connectivity index (χ1) is 21.3. The predicted molar refractivity (Wildman–Crippen MR) is 169 cm³/mol. The van der Waals surface area contributed by atoms with Crippen molar-refractivity contribution in [1.82, 2.24) is 23.9 Å². The number of likely N-dealkylation sites (tertiary alicyclic amines) is 1. The van der Waals surface area contributed by atoms with Gasteiger partial charge >= 0.3 is 6.09 Å². The van der Waals surface area contributed by atoms with Gasteiger partial charge in [-0.25, -0.2) is 9.78 Å². The Hall–Kier alpha value is -4.31. The normalized spacial score (nSPS) is 23.2. The molecule has 2 aliphatic carbocycles. The Bertz CT molecular complexity index is 1870. The first-order valence-corrected chi connectivity index (χ1v) is 15.7. The van der Waals surface area contributed by atoms with E-state index in [0.717, 1.165) is 52.9 Å². The lowest BCUT2D eigenvalue weighted by atomic mass is 9.97. The Labute approximate surface area is 255 Å². The minimum atomic E-state index is -0.878. The van der Waals surface area contributed by atoms with Crippen LogP contribution in [0.4, 0.5) is 4.79 Å². The van der Waals surface area contributed by atoms with Crippen LogP contribution < -0.4 is 10.5 Å². The van der Waals surface area contributed by atoms with Gasteiger partial charge in [0, 0.05) is 61.8 Å². The monoisotopic (exact) mass is 594 g/mol. The van der Waals surface area contributed by atoms with Crippen molar-refractivity contribution in [2.75, 3.05) is 26.7 Å². The topological polar surface area (TPSA) is 119 Å². The van der Waals surface area contributed by atoms with Crippen LogP contribution in [0.1, 0.15) is 48.0 Å². The maximum absolute atomic E-state index is 13.7. The van der Waals surface area contributed by atoms with E-state index in [4.69, 9.17) is 15.5 Å². The van der Waals surface area contributed by atoms with Gasteiger partial charge in [0.25, 0.3) is 5.91 Å². The zero-order chi connectivity index (χ0) is 30.3. The molecule has 2 aliphatic heterocycles. The van der Waals surface area contributed by atoms with Crippen LogP contribution in [0, 0.1) is 11.8 Å². The van der Waals surface area contributed by atoms with Crippen LogP contribution in [0.15, 0.2) is 42.5 Å². The highest BCUT2D eigenvalue weighted by molar-refractivity contribution is 6.01. The summed E-state index contributed by atoms with van der Waals surface area (Å²) in [7, 11) is 3.65. The lowest BCUT2D eigenvalue weighted by Gasteiger charge is -2.27. The molecule has 2 aromatic heterocycles. The second kappa shape index (κ2) is 10.1. The number of methoxy groups -OCH3 is 1. The number of ether oxygens (including phenoxy) is 1. The van der Waals surface area contributed by atoms with Crippen molar-refractivity contribution in [2.45, 2.75) is 50.7 Å². The number of nitrogens with two attached hydrogens (primary N) is 1. The van der Waals surface area contributed by atoms with Gasteiger partial charge in [0.05, 0.1) is 23.8 Å². The fraction of sp³-hybridized carbons (Fsp3) is 0.441. The zero-order valence-corrected chi connectivity index (χ0v) is 25.2. The second-order valence-corrected chi connectivity index (χ2v) is 13.0. The van der Waals surface area contributed by atoms with Gasteiger partial charge in [-0.15, -0.1) is 0 Å². The van der Waals surface area contributed by atoms with E-state index in [-0.39, 0.29) is 18.0 Å². The van der Waals surface area contributed by atoms with E-state index in [0.29, 0.717) is 49.2 Å². The second-order valence-electron chi connectivity index (χ2n) is 13.0. The van der Waals surface area contributed by atoms with Crippen molar-refractivity contribution in [3.05, 3.63) is 53.6 Å². The van der Waals surface area contributed by atoms with E-state index in [9.17, 15) is 14.7 Å². The quantitative estimate of drug-likeness (QED) is 0.326. The summed E-state index contributed by atoms with van der Waals surface area (Å²) in [5.41, 5.74) is 13.1. The summed E-state index contributed by atoms with van der Waals surface area (Å²) in [6.45, 7) is 2.50. The number of piperidine rings is 1. The number of benzene rings is 2. The Kier molecular flexibility index (Phi) is 6.27. The number of aryl methyl sites for hydroxylation is 1. The summed E-state index contributed by atoms with van der Waals surface area (Å²) in [5.74, 6) is 2.45. The summed E-state index contributed by atoms with van der Waals surface area (Å²) in [6.07, 6.45) is 6.33. The molecule has 3 N–H and O–H groups in total. The highest BCUT2D eigenvalue weighted by atomic mass is 16.5. The third kappa shape index (κ3) is 4.22. The van der Waals surface area contributed by atoms with Gasteiger partial charge in [-0.2, -0.15) is 0 Å². The molecule has 2 amide bonds. The fourth-order valence-electron chi connectivity index (χ4n) is 7.87. The summed E-state index contributed by atoms with van der Waals surface area (Å²) < 4.78 is 10.4. The van der Waals surface area contributed by atoms with Crippen LogP contribution in [0.3, 0.4) is 0 Å². The van der Waals surface area contributed by atoms with Gasteiger partial charge < -0.3 is 34.5 Å². The number of carboxylic acid groups (broad SMARTS) is 1. The van der Waals surface area contributed by atoms with Crippen molar-refractivity contribution in [1.29, 1.82) is 0 Å².